The van der Waals surface area contributed by atoms with Gasteiger partial charge in [-0.25, -0.2) is 0 Å². The van der Waals surface area contributed by atoms with Crippen LogP contribution in [0.1, 0.15) is 36.8 Å². The van der Waals surface area contributed by atoms with Crippen LogP contribution < -0.4 is 5.32 Å². The Labute approximate surface area is 127 Å². The van der Waals surface area contributed by atoms with Gasteiger partial charge >= 0.3 is 0 Å². The fourth-order valence-corrected chi connectivity index (χ4v) is 4.27. The summed E-state index contributed by atoms with van der Waals surface area (Å²) in [7, 11) is 0. The van der Waals surface area contributed by atoms with Gasteiger partial charge in [0, 0.05) is 31.9 Å². The lowest BCUT2D eigenvalue weighted by molar-refractivity contribution is -0.140. The van der Waals surface area contributed by atoms with Crippen LogP contribution in [0.3, 0.4) is 0 Å². The van der Waals surface area contributed by atoms with Gasteiger partial charge in [-0.1, -0.05) is 24.3 Å². The lowest BCUT2D eigenvalue weighted by Gasteiger charge is -2.44. The van der Waals surface area contributed by atoms with E-state index >= 15 is 0 Å². The summed E-state index contributed by atoms with van der Waals surface area (Å²) in [5.74, 6) is 0. The monoisotopic (exact) mass is 287 g/mol. The summed E-state index contributed by atoms with van der Waals surface area (Å²) in [5, 5.41) is 3.92. The summed E-state index contributed by atoms with van der Waals surface area (Å²) in [5.41, 5.74) is 3.16. The van der Waals surface area contributed by atoms with Crippen molar-refractivity contribution in [1.29, 1.82) is 0 Å². The molecule has 1 aliphatic carbocycles. The second-order valence-electron chi connectivity index (χ2n) is 6.87. The molecule has 0 aromatic heterocycles. The van der Waals surface area contributed by atoms with Crippen molar-refractivity contribution in [3.63, 3.8) is 0 Å². The van der Waals surface area contributed by atoms with Gasteiger partial charge in [0.15, 0.2) is 0 Å². The summed E-state index contributed by atoms with van der Waals surface area (Å²) in [6.45, 7) is 2.63. The van der Waals surface area contributed by atoms with Crippen LogP contribution in [-0.2, 0) is 22.3 Å². The molecule has 4 rings (SSSR count). The van der Waals surface area contributed by atoms with Crippen LogP contribution in [0, 0.1) is 0 Å². The fraction of sp³-hybridized carbons (Fsp3) is 0.667. The summed E-state index contributed by atoms with van der Waals surface area (Å²) in [4.78, 5) is 0. The zero-order valence-corrected chi connectivity index (χ0v) is 12.6. The minimum atomic E-state index is 0.0968. The molecule has 1 spiro atoms. The first-order valence-electron chi connectivity index (χ1n) is 8.38. The fourth-order valence-electron chi connectivity index (χ4n) is 4.27. The maximum atomic E-state index is 6.14. The minimum absolute atomic E-state index is 0.0968. The maximum absolute atomic E-state index is 6.14. The Morgan fingerprint density at radius 3 is 2.38 bits per heavy atom. The molecule has 2 saturated heterocycles. The lowest BCUT2D eigenvalue weighted by Crippen LogP contribution is -2.52. The number of ether oxygens (including phenoxy) is 2. The van der Waals surface area contributed by atoms with Crippen LogP contribution in [0.25, 0.3) is 0 Å². The quantitative estimate of drug-likeness (QED) is 0.906. The number of hydrogen-bond donors (Lipinski definition) is 1. The van der Waals surface area contributed by atoms with E-state index in [0.29, 0.717) is 12.1 Å². The molecule has 3 heteroatoms. The van der Waals surface area contributed by atoms with Gasteiger partial charge in [0.05, 0.1) is 5.60 Å². The zero-order chi connectivity index (χ0) is 14.1. The summed E-state index contributed by atoms with van der Waals surface area (Å²) < 4.78 is 11.7. The van der Waals surface area contributed by atoms with Crippen molar-refractivity contribution in [2.24, 2.45) is 0 Å². The summed E-state index contributed by atoms with van der Waals surface area (Å²) in [6, 6.07) is 10.1. The van der Waals surface area contributed by atoms with E-state index in [1.807, 2.05) is 0 Å². The first kappa shape index (κ1) is 13.7. The Morgan fingerprint density at radius 2 is 1.67 bits per heavy atom. The van der Waals surface area contributed by atoms with Crippen molar-refractivity contribution in [3.8, 4) is 0 Å². The molecule has 114 valence electrons. The minimum Gasteiger partial charge on any atom is -0.381 e. The number of nitrogens with one attached hydrogen (secondary N) is 1. The third-order valence-electron chi connectivity index (χ3n) is 5.42. The standard InChI is InChI=1S/C18H25NO2/c1-2-4-15-12-17(11-14(15)3-1)19-16-5-8-21-18(13-16)6-9-20-10-7-18/h1-4,16-17,19H,5-13H2. The molecule has 1 aromatic rings. The van der Waals surface area contributed by atoms with E-state index in [-0.39, 0.29) is 5.60 Å². The third kappa shape index (κ3) is 2.87. The molecule has 0 radical (unpaired) electrons. The first-order chi connectivity index (χ1) is 10.3. The lowest BCUT2D eigenvalue weighted by atomic mass is 9.84. The highest BCUT2D eigenvalue weighted by Gasteiger charge is 2.39. The van der Waals surface area contributed by atoms with Crippen molar-refractivity contribution in [2.45, 2.75) is 56.2 Å². The van der Waals surface area contributed by atoms with Gasteiger partial charge in [-0.15, -0.1) is 0 Å². The largest absolute Gasteiger partial charge is 0.381 e. The van der Waals surface area contributed by atoms with Gasteiger partial charge in [-0.3, -0.25) is 0 Å². The Kier molecular flexibility index (Phi) is 3.74. The average molecular weight is 287 g/mol. The Morgan fingerprint density at radius 1 is 0.952 bits per heavy atom. The van der Waals surface area contributed by atoms with Gasteiger partial charge in [-0.2, -0.15) is 0 Å². The summed E-state index contributed by atoms with van der Waals surface area (Å²) in [6.07, 6.45) is 6.80. The maximum Gasteiger partial charge on any atom is 0.0741 e. The SMILES string of the molecule is c1ccc2c(c1)CC(NC1CCOC3(CCOCC3)C1)C2. The van der Waals surface area contributed by atoms with Crippen molar-refractivity contribution in [3.05, 3.63) is 35.4 Å². The number of fused-ring (bicyclic) bond motifs is 1. The van der Waals surface area contributed by atoms with E-state index in [2.05, 4.69) is 29.6 Å². The van der Waals surface area contributed by atoms with Gasteiger partial charge in [0.2, 0.25) is 0 Å². The second-order valence-corrected chi connectivity index (χ2v) is 6.87. The molecular formula is C18H25NO2. The highest BCUT2D eigenvalue weighted by Crippen LogP contribution is 2.35. The molecule has 0 saturated carbocycles. The molecule has 0 amide bonds. The van der Waals surface area contributed by atoms with Crippen LogP contribution in [0.5, 0.6) is 0 Å². The summed E-state index contributed by atoms with van der Waals surface area (Å²) >= 11 is 0. The van der Waals surface area contributed by atoms with Gasteiger partial charge in [-0.05, 0) is 49.7 Å². The van der Waals surface area contributed by atoms with Crippen molar-refractivity contribution in [2.75, 3.05) is 19.8 Å². The molecule has 1 unspecified atom stereocenters. The highest BCUT2D eigenvalue weighted by molar-refractivity contribution is 5.33. The Balaban J connectivity index is 1.37. The highest BCUT2D eigenvalue weighted by atomic mass is 16.5. The van der Waals surface area contributed by atoms with Gasteiger partial charge in [0.25, 0.3) is 0 Å². The molecule has 1 aromatic carbocycles. The second kappa shape index (κ2) is 5.71. The molecule has 2 fully saturated rings. The van der Waals surface area contributed by atoms with Gasteiger partial charge < -0.3 is 14.8 Å². The molecule has 1 N–H and O–H groups in total. The van der Waals surface area contributed by atoms with Crippen LogP contribution in [0.4, 0.5) is 0 Å². The number of benzene rings is 1. The van der Waals surface area contributed by atoms with Crippen molar-refractivity contribution >= 4 is 0 Å². The molecule has 21 heavy (non-hydrogen) atoms. The first-order valence-corrected chi connectivity index (χ1v) is 8.38. The molecule has 3 aliphatic rings. The molecule has 2 heterocycles. The van der Waals surface area contributed by atoms with E-state index < -0.39 is 0 Å². The number of hydrogen-bond acceptors (Lipinski definition) is 3. The molecule has 3 nitrogen and oxygen atoms in total. The van der Waals surface area contributed by atoms with Crippen LogP contribution in [-0.4, -0.2) is 37.5 Å². The molecule has 2 aliphatic heterocycles. The van der Waals surface area contributed by atoms with E-state index in [1.54, 1.807) is 0 Å². The number of rotatable bonds is 2. The van der Waals surface area contributed by atoms with Crippen LogP contribution in [0.15, 0.2) is 24.3 Å². The van der Waals surface area contributed by atoms with Crippen LogP contribution >= 0.6 is 0 Å². The van der Waals surface area contributed by atoms with Crippen molar-refractivity contribution in [1.82, 2.24) is 5.32 Å². The normalized spacial score (nSPS) is 28.7. The van der Waals surface area contributed by atoms with E-state index in [1.165, 1.54) is 24.0 Å². The predicted molar refractivity (Wildman–Crippen MR) is 82.5 cm³/mol. The van der Waals surface area contributed by atoms with E-state index in [0.717, 1.165) is 45.5 Å². The van der Waals surface area contributed by atoms with Gasteiger partial charge in [0.1, 0.15) is 0 Å². The van der Waals surface area contributed by atoms with E-state index in [9.17, 15) is 0 Å². The Bertz CT molecular complexity index is 465. The Hall–Kier alpha value is -0.900. The smallest absolute Gasteiger partial charge is 0.0741 e. The molecular weight excluding hydrogens is 262 g/mol. The zero-order valence-electron chi connectivity index (χ0n) is 12.6. The van der Waals surface area contributed by atoms with E-state index in [4.69, 9.17) is 9.47 Å². The molecule has 0 bridgehead atoms. The predicted octanol–water partition coefficient (Wildman–Crippen LogP) is 2.47. The molecule has 1 atom stereocenters. The van der Waals surface area contributed by atoms with Crippen molar-refractivity contribution < 1.29 is 9.47 Å². The third-order valence-corrected chi connectivity index (χ3v) is 5.42. The topological polar surface area (TPSA) is 30.5 Å². The average Bonchev–Trinajstić information content (AvgIpc) is 2.90. The van der Waals surface area contributed by atoms with Crippen LogP contribution in [0.2, 0.25) is 0 Å².